The Morgan fingerprint density at radius 3 is 2.87 bits per heavy atom. The molecule has 2 N–H and O–H groups in total. The number of carbonyl (C=O) groups excluding carboxylic acids is 1. The van der Waals surface area contributed by atoms with Gasteiger partial charge in [-0.2, -0.15) is 0 Å². The topological polar surface area (TPSA) is 50.4 Å². The number of rotatable bonds is 6. The summed E-state index contributed by atoms with van der Waals surface area (Å²) in [4.78, 5) is 11.7. The van der Waals surface area contributed by atoms with E-state index in [1.807, 2.05) is 7.05 Å². The molecule has 0 spiro atoms. The van der Waals surface area contributed by atoms with Gasteiger partial charge in [-0.05, 0) is 13.5 Å². The van der Waals surface area contributed by atoms with E-state index in [1.54, 1.807) is 0 Å². The molecule has 1 aliphatic heterocycles. The zero-order valence-corrected chi connectivity index (χ0v) is 9.71. The summed E-state index contributed by atoms with van der Waals surface area (Å²) < 4.78 is 5.29. The second-order valence-electron chi connectivity index (χ2n) is 4.04. The highest BCUT2D eigenvalue weighted by Gasteiger charge is 2.32. The molecule has 0 bridgehead atoms. The van der Waals surface area contributed by atoms with E-state index in [4.69, 9.17) is 4.74 Å². The van der Waals surface area contributed by atoms with Crippen LogP contribution >= 0.6 is 0 Å². The molecule has 15 heavy (non-hydrogen) atoms. The fraction of sp³-hybridized carbons (Fsp3) is 0.909. The number of amides is 1. The number of likely N-dealkylation sites (N-methyl/N-ethyl adjacent to an activating group) is 1. The fourth-order valence-corrected chi connectivity index (χ4v) is 1.81. The number of carbonyl (C=O) groups is 1. The average molecular weight is 214 g/mol. The van der Waals surface area contributed by atoms with E-state index in [9.17, 15) is 4.79 Å². The van der Waals surface area contributed by atoms with Gasteiger partial charge in [0, 0.05) is 12.6 Å². The number of nitrogens with one attached hydrogen (secondary N) is 2. The molecule has 1 fully saturated rings. The van der Waals surface area contributed by atoms with Gasteiger partial charge in [0.05, 0.1) is 19.1 Å². The van der Waals surface area contributed by atoms with Crippen LogP contribution in [0.4, 0.5) is 0 Å². The van der Waals surface area contributed by atoms with Gasteiger partial charge in [0.25, 0.3) is 0 Å². The molecule has 2 unspecified atom stereocenters. The van der Waals surface area contributed by atoms with Crippen molar-refractivity contribution in [1.29, 1.82) is 0 Å². The monoisotopic (exact) mass is 214 g/mol. The molecule has 1 heterocycles. The highest BCUT2D eigenvalue weighted by atomic mass is 16.5. The SMILES string of the molecule is CCCCCNC(=O)C1COCC1NC. The maximum absolute atomic E-state index is 11.7. The van der Waals surface area contributed by atoms with Crippen LogP contribution in [0.1, 0.15) is 26.2 Å². The lowest BCUT2D eigenvalue weighted by atomic mass is 10.0. The molecule has 0 radical (unpaired) electrons. The van der Waals surface area contributed by atoms with Crippen LogP contribution in [0.2, 0.25) is 0 Å². The van der Waals surface area contributed by atoms with Gasteiger partial charge < -0.3 is 15.4 Å². The predicted octanol–water partition coefficient (Wildman–Crippen LogP) is 0.527. The summed E-state index contributed by atoms with van der Waals surface area (Å²) in [5.74, 6) is 0.111. The maximum Gasteiger partial charge on any atom is 0.227 e. The van der Waals surface area contributed by atoms with Gasteiger partial charge in [-0.3, -0.25) is 4.79 Å². The third-order valence-electron chi connectivity index (χ3n) is 2.87. The second kappa shape index (κ2) is 6.80. The van der Waals surface area contributed by atoms with Crippen molar-refractivity contribution < 1.29 is 9.53 Å². The van der Waals surface area contributed by atoms with E-state index in [0.717, 1.165) is 13.0 Å². The van der Waals surface area contributed by atoms with Crippen LogP contribution in [0.15, 0.2) is 0 Å². The van der Waals surface area contributed by atoms with Crippen molar-refractivity contribution in [2.24, 2.45) is 5.92 Å². The predicted molar refractivity (Wildman–Crippen MR) is 59.7 cm³/mol. The van der Waals surface area contributed by atoms with Crippen LogP contribution in [0.25, 0.3) is 0 Å². The summed E-state index contributed by atoms with van der Waals surface area (Å²) in [5, 5.41) is 6.08. The van der Waals surface area contributed by atoms with Crippen molar-refractivity contribution in [3.8, 4) is 0 Å². The van der Waals surface area contributed by atoms with Crippen LogP contribution in [0.5, 0.6) is 0 Å². The minimum Gasteiger partial charge on any atom is -0.379 e. The zero-order valence-electron chi connectivity index (χ0n) is 9.71. The smallest absolute Gasteiger partial charge is 0.227 e. The van der Waals surface area contributed by atoms with Gasteiger partial charge in [0.2, 0.25) is 5.91 Å². The Hall–Kier alpha value is -0.610. The lowest BCUT2D eigenvalue weighted by molar-refractivity contribution is -0.125. The van der Waals surface area contributed by atoms with E-state index < -0.39 is 0 Å². The molecule has 1 rings (SSSR count). The first-order chi connectivity index (χ1) is 7.29. The van der Waals surface area contributed by atoms with Crippen LogP contribution in [-0.2, 0) is 9.53 Å². The molecular formula is C11H22N2O2. The minimum absolute atomic E-state index is 0.0170. The van der Waals surface area contributed by atoms with Crippen LogP contribution in [0.3, 0.4) is 0 Å². The first-order valence-corrected chi connectivity index (χ1v) is 5.82. The summed E-state index contributed by atoms with van der Waals surface area (Å²) in [6, 6.07) is 0.177. The van der Waals surface area contributed by atoms with Crippen molar-refractivity contribution in [1.82, 2.24) is 10.6 Å². The van der Waals surface area contributed by atoms with Crippen molar-refractivity contribution >= 4 is 5.91 Å². The summed E-state index contributed by atoms with van der Waals surface area (Å²) in [6.07, 6.45) is 3.43. The molecular weight excluding hydrogens is 192 g/mol. The maximum atomic E-state index is 11.7. The van der Waals surface area contributed by atoms with E-state index >= 15 is 0 Å². The van der Waals surface area contributed by atoms with E-state index in [-0.39, 0.29) is 17.9 Å². The van der Waals surface area contributed by atoms with Crippen molar-refractivity contribution in [2.45, 2.75) is 32.2 Å². The molecule has 0 aliphatic carbocycles. The second-order valence-corrected chi connectivity index (χ2v) is 4.04. The highest BCUT2D eigenvalue weighted by Crippen LogP contribution is 2.13. The van der Waals surface area contributed by atoms with Gasteiger partial charge in [0.1, 0.15) is 0 Å². The molecule has 1 saturated heterocycles. The standard InChI is InChI=1S/C11H22N2O2/c1-3-4-5-6-13-11(14)9-7-15-8-10(9)12-2/h9-10,12H,3-8H2,1-2H3,(H,13,14). The number of hydrogen-bond acceptors (Lipinski definition) is 3. The average Bonchev–Trinajstić information content (AvgIpc) is 2.72. The molecule has 2 atom stereocenters. The van der Waals surface area contributed by atoms with Gasteiger partial charge in [-0.15, -0.1) is 0 Å². The van der Waals surface area contributed by atoms with Gasteiger partial charge >= 0.3 is 0 Å². The molecule has 0 aromatic rings. The Balaban J connectivity index is 2.21. The quantitative estimate of drug-likeness (QED) is 0.634. The molecule has 0 aromatic heterocycles. The Labute approximate surface area is 91.8 Å². The molecule has 1 aliphatic rings. The molecule has 88 valence electrons. The van der Waals surface area contributed by atoms with Crippen LogP contribution in [0, 0.1) is 5.92 Å². The fourth-order valence-electron chi connectivity index (χ4n) is 1.81. The van der Waals surface area contributed by atoms with E-state index in [1.165, 1.54) is 12.8 Å². The summed E-state index contributed by atoms with van der Waals surface area (Å²) in [6.45, 7) is 4.14. The molecule has 4 heteroatoms. The van der Waals surface area contributed by atoms with E-state index in [2.05, 4.69) is 17.6 Å². The van der Waals surface area contributed by atoms with Crippen molar-refractivity contribution in [2.75, 3.05) is 26.8 Å². The van der Waals surface area contributed by atoms with E-state index in [0.29, 0.717) is 13.2 Å². The first kappa shape index (κ1) is 12.5. The van der Waals surface area contributed by atoms with Crippen molar-refractivity contribution in [3.05, 3.63) is 0 Å². The Morgan fingerprint density at radius 1 is 1.40 bits per heavy atom. The van der Waals surface area contributed by atoms with Gasteiger partial charge in [-0.1, -0.05) is 19.8 Å². The molecule has 0 saturated carbocycles. The number of unbranched alkanes of at least 4 members (excludes halogenated alkanes) is 2. The van der Waals surface area contributed by atoms with Gasteiger partial charge in [0.15, 0.2) is 0 Å². The third-order valence-corrected chi connectivity index (χ3v) is 2.87. The number of hydrogen-bond donors (Lipinski definition) is 2. The minimum atomic E-state index is -0.0170. The Bertz CT molecular complexity index is 197. The van der Waals surface area contributed by atoms with Crippen LogP contribution in [-0.4, -0.2) is 38.8 Å². The normalized spacial score (nSPS) is 25.5. The number of ether oxygens (including phenoxy) is 1. The van der Waals surface area contributed by atoms with Crippen LogP contribution < -0.4 is 10.6 Å². The summed E-state index contributed by atoms with van der Waals surface area (Å²) >= 11 is 0. The molecule has 1 amide bonds. The Morgan fingerprint density at radius 2 is 2.20 bits per heavy atom. The summed E-state index contributed by atoms with van der Waals surface area (Å²) in [5.41, 5.74) is 0. The largest absolute Gasteiger partial charge is 0.379 e. The molecule has 0 aromatic carbocycles. The third kappa shape index (κ3) is 3.80. The Kier molecular flexibility index (Phi) is 5.65. The highest BCUT2D eigenvalue weighted by molar-refractivity contribution is 5.79. The zero-order chi connectivity index (χ0) is 11.1. The summed E-state index contributed by atoms with van der Waals surface area (Å²) in [7, 11) is 1.87. The molecule has 4 nitrogen and oxygen atoms in total. The lowest BCUT2D eigenvalue weighted by Gasteiger charge is -2.16. The first-order valence-electron chi connectivity index (χ1n) is 5.82. The van der Waals surface area contributed by atoms with Gasteiger partial charge in [-0.25, -0.2) is 0 Å². The lowest BCUT2D eigenvalue weighted by Crippen LogP contribution is -2.42. The van der Waals surface area contributed by atoms with Crippen molar-refractivity contribution in [3.63, 3.8) is 0 Å².